The van der Waals surface area contributed by atoms with E-state index in [4.69, 9.17) is 4.74 Å². The van der Waals surface area contributed by atoms with Crippen LogP contribution in [-0.4, -0.2) is 6.10 Å². The lowest BCUT2D eigenvalue weighted by Crippen LogP contribution is -2.04. The molecular weight excluding hydrogens is 184 g/mol. The van der Waals surface area contributed by atoms with Crippen LogP contribution < -0.4 is 0 Å². The molecule has 0 saturated heterocycles. The molecule has 0 saturated carbocycles. The molecule has 0 aromatic carbocycles. The van der Waals surface area contributed by atoms with Gasteiger partial charge in [0.15, 0.2) is 0 Å². The molecule has 0 aliphatic carbocycles. The van der Waals surface area contributed by atoms with Gasteiger partial charge in [-0.05, 0) is 32.1 Å². The third kappa shape index (κ3) is 11.5. The third-order valence-corrected chi connectivity index (χ3v) is 2.28. The fourth-order valence-electron chi connectivity index (χ4n) is 1.55. The van der Waals surface area contributed by atoms with E-state index in [9.17, 15) is 0 Å². The number of ether oxygens (including phenoxy) is 1. The van der Waals surface area contributed by atoms with Gasteiger partial charge in [0.1, 0.15) is 0 Å². The molecule has 15 heavy (non-hydrogen) atoms. The largest absolute Gasteiger partial charge is 0.496 e. The highest BCUT2D eigenvalue weighted by molar-refractivity contribution is 4.82. The Balaban J connectivity index is 3.35. The first kappa shape index (κ1) is 14.5. The molecule has 0 rings (SSSR count). The molecule has 0 atom stereocenters. The van der Waals surface area contributed by atoms with Crippen molar-refractivity contribution in [1.82, 2.24) is 0 Å². The first-order valence-corrected chi connectivity index (χ1v) is 6.16. The predicted molar refractivity (Wildman–Crippen MR) is 67.9 cm³/mol. The molecule has 0 heterocycles. The lowest BCUT2D eigenvalue weighted by Gasteiger charge is -2.17. The lowest BCUT2D eigenvalue weighted by atomic mass is 9.89. The van der Waals surface area contributed by atoms with Gasteiger partial charge in [-0.3, -0.25) is 0 Å². The summed E-state index contributed by atoms with van der Waals surface area (Å²) in [5, 5.41) is 0. The second-order valence-corrected chi connectivity index (χ2v) is 5.83. The van der Waals surface area contributed by atoms with Gasteiger partial charge in [-0.2, -0.15) is 0 Å². The molecule has 0 aromatic rings. The van der Waals surface area contributed by atoms with Crippen LogP contribution in [0.3, 0.4) is 0 Å². The Hall–Kier alpha value is -0.460. The van der Waals surface area contributed by atoms with Gasteiger partial charge in [-0.1, -0.05) is 40.2 Å². The van der Waals surface area contributed by atoms with Crippen LogP contribution in [0.1, 0.15) is 66.7 Å². The van der Waals surface area contributed by atoms with Crippen molar-refractivity contribution in [2.45, 2.75) is 72.8 Å². The van der Waals surface area contributed by atoms with Crippen LogP contribution in [0.15, 0.2) is 12.3 Å². The number of hydrogen-bond acceptors (Lipinski definition) is 1. The highest BCUT2D eigenvalue weighted by Gasteiger charge is 2.08. The monoisotopic (exact) mass is 212 g/mol. The minimum atomic E-state index is 0.270. The van der Waals surface area contributed by atoms with Gasteiger partial charge < -0.3 is 4.74 Å². The van der Waals surface area contributed by atoms with Crippen LogP contribution >= 0.6 is 0 Å². The quantitative estimate of drug-likeness (QED) is 0.430. The molecule has 90 valence electrons. The summed E-state index contributed by atoms with van der Waals surface area (Å²) in [6.45, 7) is 14.9. The summed E-state index contributed by atoms with van der Waals surface area (Å²) < 4.78 is 5.50. The first-order valence-electron chi connectivity index (χ1n) is 6.16. The van der Waals surface area contributed by atoms with Crippen LogP contribution in [0.5, 0.6) is 0 Å². The number of rotatable bonds is 7. The minimum Gasteiger partial charge on any atom is -0.496 e. The molecule has 0 radical (unpaired) electrons. The summed E-state index contributed by atoms with van der Waals surface area (Å²) in [5.74, 6) is 0.945. The Kier molecular flexibility index (Phi) is 6.71. The summed E-state index contributed by atoms with van der Waals surface area (Å²) in [4.78, 5) is 0. The number of allylic oxidation sites excluding steroid dienone is 1. The topological polar surface area (TPSA) is 9.23 Å². The van der Waals surface area contributed by atoms with Gasteiger partial charge in [0.2, 0.25) is 0 Å². The van der Waals surface area contributed by atoms with E-state index in [2.05, 4.69) is 27.4 Å². The Morgan fingerprint density at radius 1 is 1.13 bits per heavy atom. The van der Waals surface area contributed by atoms with Crippen molar-refractivity contribution in [2.24, 2.45) is 5.41 Å². The number of unbranched alkanes of at least 4 members (excludes halogenated alkanes) is 2. The normalized spacial score (nSPS) is 11.9. The van der Waals surface area contributed by atoms with E-state index in [0.29, 0.717) is 5.41 Å². The zero-order valence-electron chi connectivity index (χ0n) is 11.2. The summed E-state index contributed by atoms with van der Waals surface area (Å²) in [7, 11) is 0. The van der Waals surface area contributed by atoms with Crippen LogP contribution in [0.25, 0.3) is 0 Å². The van der Waals surface area contributed by atoms with Crippen molar-refractivity contribution in [3.8, 4) is 0 Å². The van der Waals surface area contributed by atoms with Crippen molar-refractivity contribution < 1.29 is 4.74 Å². The fraction of sp³-hybridized carbons (Fsp3) is 0.857. The van der Waals surface area contributed by atoms with Crippen LogP contribution in [0.2, 0.25) is 0 Å². The summed E-state index contributed by atoms with van der Waals surface area (Å²) in [5.41, 5.74) is 0.478. The van der Waals surface area contributed by atoms with Crippen molar-refractivity contribution in [3.05, 3.63) is 12.3 Å². The summed E-state index contributed by atoms with van der Waals surface area (Å²) >= 11 is 0. The Morgan fingerprint density at radius 2 is 1.73 bits per heavy atom. The van der Waals surface area contributed by atoms with E-state index >= 15 is 0 Å². The summed E-state index contributed by atoms with van der Waals surface area (Å²) in [6.07, 6.45) is 6.41. The predicted octanol–water partition coefficient (Wildman–Crippen LogP) is 4.92. The maximum absolute atomic E-state index is 5.50. The highest BCUT2D eigenvalue weighted by Crippen LogP contribution is 2.22. The second kappa shape index (κ2) is 6.92. The minimum absolute atomic E-state index is 0.270. The fourth-order valence-corrected chi connectivity index (χ4v) is 1.55. The van der Waals surface area contributed by atoms with E-state index in [1.54, 1.807) is 0 Å². The molecule has 1 heteroatoms. The van der Waals surface area contributed by atoms with Crippen LogP contribution in [0.4, 0.5) is 0 Å². The average Bonchev–Trinajstić information content (AvgIpc) is 1.99. The smallest absolute Gasteiger partial charge is 0.0926 e. The molecule has 0 aromatic heterocycles. The van der Waals surface area contributed by atoms with Crippen LogP contribution in [0, 0.1) is 5.41 Å². The zero-order valence-corrected chi connectivity index (χ0v) is 11.2. The Labute approximate surface area is 95.9 Å². The molecule has 0 unspecified atom stereocenters. The van der Waals surface area contributed by atoms with Crippen LogP contribution in [-0.2, 0) is 4.74 Å². The molecule has 1 nitrogen and oxygen atoms in total. The van der Waals surface area contributed by atoms with Gasteiger partial charge in [0.25, 0.3) is 0 Å². The average molecular weight is 212 g/mol. The molecular formula is C14H28O. The Morgan fingerprint density at radius 3 is 2.20 bits per heavy atom. The standard InChI is InChI=1S/C14H28O/c1-12(2)15-13(3)10-8-7-9-11-14(4,5)6/h12H,3,7-11H2,1-2,4-6H3. The van der Waals surface area contributed by atoms with Gasteiger partial charge in [-0.25, -0.2) is 0 Å². The van der Waals surface area contributed by atoms with E-state index in [0.717, 1.165) is 12.2 Å². The molecule has 0 N–H and O–H groups in total. The van der Waals surface area contributed by atoms with Gasteiger partial charge in [-0.15, -0.1) is 0 Å². The van der Waals surface area contributed by atoms with Crippen molar-refractivity contribution in [3.63, 3.8) is 0 Å². The lowest BCUT2D eigenvalue weighted by molar-refractivity contribution is 0.139. The number of hydrogen-bond donors (Lipinski definition) is 0. The van der Waals surface area contributed by atoms with Gasteiger partial charge in [0.05, 0.1) is 11.9 Å². The molecule has 0 bridgehead atoms. The van der Waals surface area contributed by atoms with Crippen molar-refractivity contribution in [2.75, 3.05) is 0 Å². The van der Waals surface area contributed by atoms with Gasteiger partial charge >= 0.3 is 0 Å². The summed E-state index contributed by atoms with van der Waals surface area (Å²) in [6, 6.07) is 0. The van der Waals surface area contributed by atoms with E-state index in [1.807, 2.05) is 13.8 Å². The van der Waals surface area contributed by atoms with E-state index in [1.165, 1.54) is 25.7 Å². The molecule has 0 fully saturated rings. The maximum Gasteiger partial charge on any atom is 0.0926 e. The molecule has 0 aliphatic heterocycles. The van der Waals surface area contributed by atoms with Crippen molar-refractivity contribution >= 4 is 0 Å². The molecule has 0 spiro atoms. The van der Waals surface area contributed by atoms with Crippen molar-refractivity contribution in [1.29, 1.82) is 0 Å². The first-order chi connectivity index (χ1) is 6.81. The molecule has 0 aliphatic rings. The maximum atomic E-state index is 5.50. The molecule has 0 amide bonds. The second-order valence-electron chi connectivity index (χ2n) is 5.83. The zero-order chi connectivity index (χ0) is 11.9. The van der Waals surface area contributed by atoms with E-state index in [-0.39, 0.29) is 6.10 Å². The van der Waals surface area contributed by atoms with E-state index < -0.39 is 0 Å². The third-order valence-electron chi connectivity index (χ3n) is 2.28. The van der Waals surface area contributed by atoms with Gasteiger partial charge in [0, 0.05) is 6.42 Å². The SMILES string of the molecule is C=C(CCCCCC(C)(C)C)OC(C)C. The highest BCUT2D eigenvalue weighted by atomic mass is 16.5. The Bertz CT molecular complexity index is 174.